The van der Waals surface area contributed by atoms with Crippen LogP contribution in [0.5, 0.6) is 0 Å². The lowest BCUT2D eigenvalue weighted by Gasteiger charge is -2.18. The molecule has 0 aromatic heterocycles. The molecule has 0 radical (unpaired) electrons. The van der Waals surface area contributed by atoms with Crippen molar-refractivity contribution in [3.8, 4) is 0 Å². The van der Waals surface area contributed by atoms with Gasteiger partial charge in [-0.3, -0.25) is 20.2 Å². The van der Waals surface area contributed by atoms with Crippen LogP contribution in [0, 0.1) is 20.2 Å². The first-order valence-electron chi connectivity index (χ1n) is 9.98. The Hall–Kier alpha value is -2.86. The third-order valence-corrected chi connectivity index (χ3v) is 10.2. The molecule has 0 spiro atoms. The van der Waals surface area contributed by atoms with Crippen molar-refractivity contribution >= 4 is 31.0 Å². The number of rotatable bonds is 12. The van der Waals surface area contributed by atoms with Crippen LogP contribution < -0.4 is 0 Å². The summed E-state index contributed by atoms with van der Waals surface area (Å²) in [5.41, 5.74) is -0.642. The summed E-state index contributed by atoms with van der Waals surface area (Å²) in [6.45, 7) is 2.01. The van der Waals surface area contributed by atoms with Gasteiger partial charge in [-0.15, -0.1) is 0 Å². The summed E-state index contributed by atoms with van der Waals surface area (Å²) in [7, 11) is -8.83. The smallest absolute Gasteiger partial charge is 0.258 e. The lowest BCUT2D eigenvalue weighted by atomic mass is 10.1. The number of nitrogens with zero attached hydrogens (tertiary/aromatic N) is 2. The van der Waals surface area contributed by atoms with Gasteiger partial charge in [0.1, 0.15) is 0 Å². The zero-order chi connectivity index (χ0) is 23.9. The van der Waals surface area contributed by atoms with Gasteiger partial charge in [-0.2, -0.15) is 0 Å². The summed E-state index contributed by atoms with van der Waals surface area (Å²) in [5, 5.41) is 21.7. The van der Waals surface area contributed by atoms with Crippen LogP contribution in [0.25, 0.3) is 0 Å². The zero-order valence-electron chi connectivity index (χ0n) is 17.4. The van der Waals surface area contributed by atoms with Crippen LogP contribution in [-0.2, 0) is 19.7 Å². The first-order chi connectivity index (χ1) is 15.0. The molecule has 0 amide bonds. The van der Waals surface area contributed by atoms with Gasteiger partial charge in [-0.05, 0) is 30.7 Å². The first kappa shape index (κ1) is 25.4. The Morgan fingerprint density at radius 1 is 0.688 bits per heavy atom. The van der Waals surface area contributed by atoms with Gasteiger partial charge in [0.15, 0.2) is 24.3 Å². The molecule has 12 heteroatoms. The van der Waals surface area contributed by atoms with Crippen molar-refractivity contribution in [3.05, 3.63) is 68.8 Å². The molecule has 174 valence electrons. The lowest BCUT2D eigenvalue weighted by molar-refractivity contribution is -0.385. The van der Waals surface area contributed by atoms with Crippen molar-refractivity contribution in [1.82, 2.24) is 0 Å². The molecule has 2 aromatic rings. The number of nitro benzene ring substituents is 2. The highest BCUT2D eigenvalue weighted by Gasteiger charge is 2.39. The third-order valence-electron chi connectivity index (χ3n) is 4.99. The van der Waals surface area contributed by atoms with E-state index in [1.54, 1.807) is 0 Å². The number of non-ortho nitro benzene ring substituents is 2. The summed E-state index contributed by atoms with van der Waals surface area (Å²) in [6, 6.07) is 8.08. The van der Waals surface area contributed by atoms with E-state index < -0.39 is 34.1 Å². The normalized spacial score (nSPS) is 12.1. The van der Waals surface area contributed by atoms with E-state index in [2.05, 4.69) is 0 Å². The quantitative estimate of drug-likeness (QED) is 0.243. The standard InChI is InChI=1S/C20H24N2O8S2/c1-2-3-4-5-6-7-20(31(27,28)18-12-8-16(9-13-18)21(23)24)32(29,30)19-14-10-17(11-15-19)22(25)26/h8-15,20H,2-7H2,1H3. The number of nitro groups is 2. The van der Waals surface area contributed by atoms with Crippen LogP contribution in [0.2, 0.25) is 0 Å². The Balaban J connectivity index is 2.45. The molecular weight excluding hydrogens is 460 g/mol. The minimum Gasteiger partial charge on any atom is -0.258 e. The van der Waals surface area contributed by atoms with Gasteiger partial charge in [0.2, 0.25) is 0 Å². The predicted molar refractivity (Wildman–Crippen MR) is 118 cm³/mol. The molecule has 2 aromatic carbocycles. The molecule has 0 aliphatic heterocycles. The SMILES string of the molecule is CCCCCCCC(S(=O)(=O)c1ccc([N+](=O)[O-])cc1)S(=O)(=O)c1ccc([N+](=O)[O-])cc1. The van der Waals surface area contributed by atoms with E-state index in [-0.39, 0.29) is 27.6 Å². The maximum Gasteiger partial charge on any atom is 0.269 e. The summed E-state index contributed by atoms with van der Waals surface area (Å²) in [5.74, 6) is 0. The Labute approximate surface area is 186 Å². The van der Waals surface area contributed by atoms with E-state index in [9.17, 15) is 37.1 Å². The highest BCUT2D eigenvalue weighted by molar-refractivity contribution is 8.09. The lowest BCUT2D eigenvalue weighted by Crippen LogP contribution is -2.31. The second-order valence-corrected chi connectivity index (χ2v) is 11.8. The Morgan fingerprint density at radius 2 is 1.06 bits per heavy atom. The minimum atomic E-state index is -4.41. The van der Waals surface area contributed by atoms with E-state index >= 15 is 0 Å². The van der Waals surface area contributed by atoms with Crippen LogP contribution in [0.15, 0.2) is 58.3 Å². The summed E-state index contributed by atoms with van der Waals surface area (Å²) in [6.07, 6.45) is 3.57. The van der Waals surface area contributed by atoms with Gasteiger partial charge in [0.05, 0.1) is 19.6 Å². The van der Waals surface area contributed by atoms with Crippen LogP contribution in [0.1, 0.15) is 45.4 Å². The van der Waals surface area contributed by atoms with Crippen molar-refractivity contribution < 1.29 is 26.7 Å². The first-order valence-corrected chi connectivity index (χ1v) is 13.1. The molecule has 0 bridgehead atoms. The van der Waals surface area contributed by atoms with E-state index in [1.807, 2.05) is 6.92 Å². The van der Waals surface area contributed by atoms with Gasteiger partial charge >= 0.3 is 0 Å². The fourth-order valence-corrected chi connectivity index (χ4v) is 7.80. The third kappa shape index (κ3) is 5.88. The summed E-state index contributed by atoms with van der Waals surface area (Å²) >= 11 is 0. The molecule has 0 aliphatic rings. The van der Waals surface area contributed by atoms with Gasteiger partial charge in [0, 0.05) is 24.3 Å². The Bertz CT molecular complexity index is 1070. The highest BCUT2D eigenvalue weighted by Crippen LogP contribution is 2.31. The van der Waals surface area contributed by atoms with Crippen molar-refractivity contribution in [2.24, 2.45) is 0 Å². The predicted octanol–water partition coefficient (Wildman–Crippen LogP) is 4.44. The van der Waals surface area contributed by atoms with Gasteiger partial charge in [-0.1, -0.05) is 39.0 Å². The number of sulfone groups is 2. The fraction of sp³-hybridized carbons (Fsp3) is 0.400. The van der Waals surface area contributed by atoms with Crippen LogP contribution in [0.3, 0.4) is 0 Å². The second kappa shape index (κ2) is 10.6. The van der Waals surface area contributed by atoms with Crippen LogP contribution >= 0.6 is 0 Å². The fourth-order valence-electron chi connectivity index (χ4n) is 3.21. The van der Waals surface area contributed by atoms with E-state index in [0.29, 0.717) is 12.8 Å². The second-order valence-electron chi connectivity index (χ2n) is 7.22. The average Bonchev–Trinajstić information content (AvgIpc) is 2.76. The molecule has 0 saturated carbocycles. The molecule has 0 heterocycles. The van der Waals surface area contributed by atoms with Crippen molar-refractivity contribution in [1.29, 1.82) is 0 Å². The largest absolute Gasteiger partial charge is 0.269 e. The van der Waals surface area contributed by atoms with Crippen molar-refractivity contribution in [3.63, 3.8) is 0 Å². The molecule has 10 nitrogen and oxygen atoms in total. The monoisotopic (exact) mass is 484 g/mol. The number of benzene rings is 2. The summed E-state index contributed by atoms with van der Waals surface area (Å²) in [4.78, 5) is 19.7. The molecule has 2 rings (SSSR count). The number of hydrogen-bond acceptors (Lipinski definition) is 8. The highest BCUT2D eigenvalue weighted by atomic mass is 32.3. The Kier molecular flexibility index (Phi) is 8.44. The van der Waals surface area contributed by atoms with Crippen LogP contribution in [0.4, 0.5) is 11.4 Å². The molecule has 32 heavy (non-hydrogen) atoms. The van der Waals surface area contributed by atoms with Gasteiger partial charge < -0.3 is 0 Å². The van der Waals surface area contributed by atoms with E-state index in [0.717, 1.165) is 67.8 Å². The van der Waals surface area contributed by atoms with E-state index in [4.69, 9.17) is 0 Å². The molecule has 0 saturated heterocycles. The minimum absolute atomic E-state index is 0.164. The Morgan fingerprint density at radius 3 is 1.41 bits per heavy atom. The molecule has 0 aliphatic carbocycles. The molecule has 0 atom stereocenters. The van der Waals surface area contributed by atoms with Crippen molar-refractivity contribution in [2.45, 2.75) is 59.8 Å². The number of hydrogen-bond donors (Lipinski definition) is 0. The molecule has 0 fully saturated rings. The maximum absolute atomic E-state index is 13.3. The van der Waals surface area contributed by atoms with Crippen molar-refractivity contribution in [2.75, 3.05) is 0 Å². The zero-order valence-corrected chi connectivity index (χ0v) is 19.0. The molecular formula is C20H24N2O8S2. The molecule has 0 unspecified atom stereocenters. The maximum atomic E-state index is 13.3. The van der Waals surface area contributed by atoms with Gasteiger partial charge in [0.25, 0.3) is 11.4 Å². The average molecular weight is 485 g/mol. The topological polar surface area (TPSA) is 155 Å². The summed E-state index contributed by atoms with van der Waals surface area (Å²) < 4.78 is 51.3. The molecule has 0 N–H and O–H groups in total. The van der Waals surface area contributed by atoms with E-state index in [1.165, 1.54) is 0 Å². The number of unbranched alkanes of at least 4 members (excludes halogenated alkanes) is 4. The van der Waals surface area contributed by atoms with Gasteiger partial charge in [-0.25, -0.2) is 16.8 Å². The van der Waals surface area contributed by atoms with Crippen LogP contribution in [-0.4, -0.2) is 31.3 Å².